The summed E-state index contributed by atoms with van der Waals surface area (Å²) in [5.74, 6) is 0.657. The minimum Gasteiger partial charge on any atom is -0.399 e. The maximum absolute atomic E-state index is 12.4. The predicted octanol–water partition coefficient (Wildman–Crippen LogP) is 2.13. The van der Waals surface area contributed by atoms with Crippen LogP contribution in [0.2, 0.25) is 0 Å². The van der Waals surface area contributed by atoms with E-state index < -0.39 is 10.8 Å². The molecule has 3 N–H and O–H groups in total. The number of H-pyrrole nitrogens is 1. The number of rotatable bonds is 4. The summed E-state index contributed by atoms with van der Waals surface area (Å²) in [6.07, 6.45) is 4.74. The largest absolute Gasteiger partial charge is 0.399 e. The van der Waals surface area contributed by atoms with Gasteiger partial charge in [0.1, 0.15) is 0 Å². The Morgan fingerprint density at radius 2 is 2.33 bits per heavy atom. The molecular weight excluding hydrogens is 284 g/mol. The Labute approximate surface area is 127 Å². The second-order valence-corrected chi connectivity index (χ2v) is 7.27. The molecule has 1 saturated heterocycles. The van der Waals surface area contributed by atoms with Gasteiger partial charge in [0, 0.05) is 17.5 Å². The molecule has 2 unspecified atom stereocenters. The monoisotopic (exact) mass is 306 g/mol. The molecule has 1 fully saturated rings. The Kier molecular flexibility index (Phi) is 4.26. The molecule has 2 aromatic rings. The van der Waals surface area contributed by atoms with Crippen molar-refractivity contribution >= 4 is 27.5 Å². The predicted molar refractivity (Wildman–Crippen MR) is 86.7 cm³/mol. The summed E-state index contributed by atoms with van der Waals surface area (Å²) in [5, 5.41) is 0.564. The van der Waals surface area contributed by atoms with Crippen LogP contribution in [0.25, 0.3) is 11.0 Å². The number of hydrogen-bond donors (Lipinski definition) is 2. The highest BCUT2D eigenvalue weighted by atomic mass is 32.2. The van der Waals surface area contributed by atoms with Crippen LogP contribution < -0.4 is 5.73 Å². The van der Waals surface area contributed by atoms with E-state index in [1.165, 1.54) is 19.3 Å². The molecule has 2 atom stereocenters. The third-order valence-electron chi connectivity index (χ3n) is 4.26. The number of likely N-dealkylation sites (tertiary alicyclic amines) is 1. The highest BCUT2D eigenvalue weighted by Crippen LogP contribution is 2.20. The third kappa shape index (κ3) is 3.27. The Hall–Kier alpha value is -1.40. The van der Waals surface area contributed by atoms with Crippen LogP contribution in [0.15, 0.2) is 23.4 Å². The molecule has 5 nitrogen and oxygen atoms in total. The van der Waals surface area contributed by atoms with Crippen molar-refractivity contribution in [2.45, 2.75) is 36.9 Å². The summed E-state index contributed by atoms with van der Waals surface area (Å²) in [7, 11) is 1.09. The van der Waals surface area contributed by atoms with Gasteiger partial charge in [0.2, 0.25) is 0 Å². The molecule has 2 heterocycles. The van der Waals surface area contributed by atoms with Gasteiger partial charge in [0.15, 0.2) is 5.16 Å². The number of hydrogen-bond acceptors (Lipinski definition) is 4. The molecular formula is C15H22N4OS. The normalized spacial score (nSPS) is 21.7. The number of fused-ring (bicyclic) bond motifs is 1. The fourth-order valence-electron chi connectivity index (χ4n) is 2.96. The molecule has 6 heteroatoms. The van der Waals surface area contributed by atoms with E-state index in [9.17, 15) is 4.21 Å². The van der Waals surface area contributed by atoms with Gasteiger partial charge in [-0.2, -0.15) is 0 Å². The Morgan fingerprint density at radius 1 is 1.48 bits per heavy atom. The van der Waals surface area contributed by atoms with Crippen molar-refractivity contribution in [3.05, 3.63) is 18.2 Å². The van der Waals surface area contributed by atoms with E-state index in [0.29, 0.717) is 22.6 Å². The van der Waals surface area contributed by atoms with Crippen molar-refractivity contribution in [3.8, 4) is 0 Å². The number of nitrogen functional groups attached to an aromatic ring is 1. The van der Waals surface area contributed by atoms with Gasteiger partial charge in [0.25, 0.3) is 0 Å². The fourth-order valence-corrected chi connectivity index (χ4v) is 4.06. The topological polar surface area (TPSA) is 75.0 Å². The van der Waals surface area contributed by atoms with Crippen molar-refractivity contribution in [1.82, 2.24) is 14.9 Å². The summed E-state index contributed by atoms with van der Waals surface area (Å²) in [6, 6.07) is 6.06. The van der Waals surface area contributed by atoms with E-state index in [4.69, 9.17) is 5.73 Å². The van der Waals surface area contributed by atoms with Crippen molar-refractivity contribution in [2.75, 3.05) is 25.1 Å². The van der Waals surface area contributed by atoms with Crippen LogP contribution in [0, 0.1) is 0 Å². The summed E-state index contributed by atoms with van der Waals surface area (Å²) < 4.78 is 12.4. The van der Waals surface area contributed by atoms with Crippen LogP contribution in [0.1, 0.15) is 25.7 Å². The quantitative estimate of drug-likeness (QED) is 0.849. The van der Waals surface area contributed by atoms with Gasteiger partial charge in [0.05, 0.1) is 21.8 Å². The van der Waals surface area contributed by atoms with Crippen molar-refractivity contribution in [3.63, 3.8) is 0 Å². The second kappa shape index (κ2) is 6.15. The van der Waals surface area contributed by atoms with Crippen LogP contribution in [-0.4, -0.2) is 44.5 Å². The van der Waals surface area contributed by atoms with Crippen LogP contribution in [0.5, 0.6) is 0 Å². The number of nitrogens with two attached hydrogens (primary N) is 1. The molecule has 0 radical (unpaired) electrons. The van der Waals surface area contributed by atoms with E-state index in [-0.39, 0.29) is 0 Å². The number of aromatic amines is 1. The molecule has 0 aliphatic carbocycles. The van der Waals surface area contributed by atoms with Crippen LogP contribution >= 0.6 is 0 Å². The zero-order valence-corrected chi connectivity index (χ0v) is 13.2. The summed E-state index contributed by atoms with van der Waals surface area (Å²) in [4.78, 5) is 9.93. The van der Waals surface area contributed by atoms with E-state index in [1.807, 2.05) is 18.2 Å². The number of nitrogens with zero attached hydrogens (tertiary/aromatic N) is 2. The minimum absolute atomic E-state index is 0.558. The molecule has 1 aliphatic rings. The van der Waals surface area contributed by atoms with Crippen molar-refractivity contribution in [2.24, 2.45) is 0 Å². The minimum atomic E-state index is -1.07. The van der Waals surface area contributed by atoms with Gasteiger partial charge in [-0.25, -0.2) is 4.98 Å². The lowest BCUT2D eigenvalue weighted by atomic mass is 10.0. The highest BCUT2D eigenvalue weighted by molar-refractivity contribution is 7.84. The summed E-state index contributed by atoms with van der Waals surface area (Å²) >= 11 is 0. The number of imidazole rings is 1. The van der Waals surface area contributed by atoms with E-state index in [0.717, 1.165) is 24.0 Å². The smallest absolute Gasteiger partial charge is 0.197 e. The van der Waals surface area contributed by atoms with E-state index in [1.54, 1.807) is 0 Å². The van der Waals surface area contributed by atoms with Crippen molar-refractivity contribution in [1.29, 1.82) is 0 Å². The zero-order chi connectivity index (χ0) is 14.8. The molecule has 0 bridgehead atoms. The van der Waals surface area contributed by atoms with Crippen LogP contribution in [0.3, 0.4) is 0 Å². The lowest BCUT2D eigenvalue weighted by Crippen LogP contribution is -2.37. The van der Waals surface area contributed by atoms with Crippen LogP contribution in [0.4, 0.5) is 5.69 Å². The SMILES string of the molecule is CN1CCCCC1CCS(=O)c1nc2ccc(N)cc2[nH]1. The fraction of sp³-hybridized carbons (Fsp3) is 0.533. The Morgan fingerprint density at radius 3 is 3.14 bits per heavy atom. The molecule has 1 aliphatic heterocycles. The molecule has 21 heavy (non-hydrogen) atoms. The van der Waals surface area contributed by atoms with Gasteiger partial charge in [-0.3, -0.25) is 4.21 Å². The zero-order valence-electron chi connectivity index (χ0n) is 12.3. The van der Waals surface area contributed by atoms with Gasteiger partial charge in [-0.15, -0.1) is 0 Å². The molecule has 0 saturated carbocycles. The Balaban J connectivity index is 1.66. The molecule has 1 aromatic heterocycles. The second-order valence-electron chi connectivity index (χ2n) is 5.79. The number of piperidine rings is 1. The third-order valence-corrected chi connectivity index (χ3v) is 5.49. The molecule has 0 amide bonds. The standard InChI is InChI=1S/C15H22N4OS/c1-19-8-3-2-4-12(19)7-9-21(20)15-17-13-6-5-11(16)10-14(13)18-15/h5-6,10,12H,2-4,7-9,16H2,1H3,(H,17,18). The number of anilines is 1. The van der Waals surface area contributed by atoms with E-state index >= 15 is 0 Å². The average molecular weight is 306 g/mol. The maximum Gasteiger partial charge on any atom is 0.197 e. The lowest BCUT2D eigenvalue weighted by molar-refractivity contribution is 0.182. The first-order valence-electron chi connectivity index (χ1n) is 7.47. The first-order valence-corrected chi connectivity index (χ1v) is 8.79. The number of nitrogens with one attached hydrogen (secondary N) is 1. The van der Waals surface area contributed by atoms with Gasteiger partial charge in [-0.05, 0) is 51.1 Å². The van der Waals surface area contributed by atoms with Crippen molar-refractivity contribution < 1.29 is 4.21 Å². The summed E-state index contributed by atoms with van der Waals surface area (Å²) in [5.41, 5.74) is 8.12. The van der Waals surface area contributed by atoms with Gasteiger partial charge in [-0.1, -0.05) is 6.42 Å². The number of benzene rings is 1. The van der Waals surface area contributed by atoms with E-state index in [2.05, 4.69) is 21.9 Å². The lowest BCUT2D eigenvalue weighted by Gasteiger charge is -2.32. The molecule has 0 spiro atoms. The van der Waals surface area contributed by atoms with Gasteiger partial charge < -0.3 is 15.6 Å². The first-order chi connectivity index (χ1) is 10.1. The molecule has 3 rings (SSSR count). The molecule has 1 aromatic carbocycles. The first kappa shape index (κ1) is 14.5. The number of aromatic nitrogens is 2. The summed E-state index contributed by atoms with van der Waals surface area (Å²) in [6.45, 7) is 1.15. The molecule has 114 valence electrons. The maximum atomic E-state index is 12.4. The highest BCUT2D eigenvalue weighted by Gasteiger charge is 2.20. The average Bonchev–Trinajstić information content (AvgIpc) is 2.89. The van der Waals surface area contributed by atoms with Crippen LogP contribution in [-0.2, 0) is 10.8 Å². The Bertz CT molecular complexity index is 654. The van der Waals surface area contributed by atoms with Gasteiger partial charge >= 0.3 is 0 Å².